The maximum absolute atomic E-state index is 12.9. The minimum Gasteiger partial charge on any atom is -0.344 e. The number of thiazole rings is 1. The Labute approximate surface area is 222 Å². The third kappa shape index (κ3) is 4.88. The molecular weight excluding hydrogens is 525 g/mol. The number of halogens is 2. The van der Waals surface area contributed by atoms with Crippen LogP contribution in [0.2, 0.25) is 10.3 Å². The van der Waals surface area contributed by atoms with Crippen molar-refractivity contribution in [1.29, 1.82) is 0 Å². The zero-order valence-corrected chi connectivity index (χ0v) is 22.6. The van der Waals surface area contributed by atoms with Crippen LogP contribution in [0.5, 0.6) is 0 Å². The molecule has 0 bridgehead atoms. The minimum atomic E-state index is -0.415. The molecule has 5 heterocycles. The van der Waals surface area contributed by atoms with E-state index in [0.29, 0.717) is 47.9 Å². The van der Waals surface area contributed by atoms with Crippen molar-refractivity contribution in [1.82, 2.24) is 34.7 Å². The van der Waals surface area contributed by atoms with Crippen LogP contribution < -0.4 is 0 Å². The summed E-state index contributed by atoms with van der Waals surface area (Å²) in [7, 11) is 0. The fourth-order valence-corrected chi connectivity index (χ4v) is 5.76. The van der Waals surface area contributed by atoms with Crippen molar-refractivity contribution in [2.24, 2.45) is 10.8 Å². The molecule has 10 nitrogen and oxygen atoms in total. The smallest absolute Gasteiger partial charge is 0.265 e. The Kier molecular flexibility index (Phi) is 6.59. The van der Waals surface area contributed by atoms with Crippen molar-refractivity contribution in [3.8, 4) is 0 Å². The standard InChI is InChI=1S/C18H17Cl2N7O3S.C5H10/c1-10(27-14(20)2-13(19)23-27)16-22-15(24-30-16)11-4-26(17(29)12-3-21-8-31-12)7-18(11)5-25(6-18)9-28;1-5(2)3-4-5/h2-3,8-11H,4-7H2,1H3;3-4H2,1-2H3. The van der Waals surface area contributed by atoms with E-state index < -0.39 is 6.04 Å². The van der Waals surface area contributed by atoms with Crippen LogP contribution in [0.25, 0.3) is 0 Å². The lowest BCUT2D eigenvalue weighted by atomic mass is 9.71. The van der Waals surface area contributed by atoms with E-state index in [9.17, 15) is 9.59 Å². The lowest BCUT2D eigenvalue weighted by Crippen LogP contribution is -2.59. The van der Waals surface area contributed by atoms with Gasteiger partial charge < -0.3 is 14.3 Å². The first-order valence-corrected chi connectivity index (χ1v) is 13.4. The zero-order valence-electron chi connectivity index (χ0n) is 20.2. The van der Waals surface area contributed by atoms with E-state index in [0.717, 1.165) is 11.8 Å². The van der Waals surface area contributed by atoms with Crippen LogP contribution in [0.15, 0.2) is 22.3 Å². The summed E-state index contributed by atoms with van der Waals surface area (Å²) in [6, 6.07) is 1.12. The molecule has 2 saturated heterocycles. The first-order valence-electron chi connectivity index (χ1n) is 11.7. The van der Waals surface area contributed by atoms with Gasteiger partial charge in [0.05, 0.1) is 17.6 Å². The van der Waals surface area contributed by atoms with Gasteiger partial charge in [0.15, 0.2) is 11.0 Å². The molecule has 36 heavy (non-hydrogen) atoms. The van der Waals surface area contributed by atoms with Gasteiger partial charge in [-0.1, -0.05) is 42.2 Å². The van der Waals surface area contributed by atoms with Gasteiger partial charge in [-0.2, -0.15) is 10.1 Å². The summed E-state index contributed by atoms with van der Waals surface area (Å²) in [5, 5.41) is 8.99. The second-order valence-electron chi connectivity index (χ2n) is 10.5. The van der Waals surface area contributed by atoms with E-state index in [1.807, 2.05) is 6.92 Å². The number of hydrogen-bond acceptors (Lipinski definition) is 8. The van der Waals surface area contributed by atoms with Gasteiger partial charge in [0.25, 0.3) is 11.8 Å². The van der Waals surface area contributed by atoms with Crippen LogP contribution in [-0.4, -0.2) is 73.2 Å². The van der Waals surface area contributed by atoms with Crippen LogP contribution in [0.4, 0.5) is 0 Å². The molecule has 3 fully saturated rings. The van der Waals surface area contributed by atoms with Crippen LogP contribution in [0.1, 0.15) is 67.0 Å². The second-order valence-corrected chi connectivity index (χ2v) is 12.2. The fraction of sp³-hybridized carbons (Fsp3) is 0.565. The highest BCUT2D eigenvalue weighted by Gasteiger charge is 2.57. The summed E-state index contributed by atoms with van der Waals surface area (Å²) in [5.74, 6) is 0.595. The van der Waals surface area contributed by atoms with Crippen LogP contribution in [0, 0.1) is 10.8 Å². The number of carbonyl (C=O) groups excluding carboxylic acids is 2. The van der Waals surface area contributed by atoms with Gasteiger partial charge in [-0.3, -0.25) is 14.6 Å². The molecule has 2 atom stereocenters. The molecular formula is C23H27Cl2N7O3S. The average molecular weight is 552 g/mol. The van der Waals surface area contributed by atoms with Crippen molar-refractivity contribution in [3.63, 3.8) is 0 Å². The average Bonchev–Trinajstić information content (AvgIpc) is 3.39. The summed E-state index contributed by atoms with van der Waals surface area (Å²) in [6.45, 7) is 8.44. The number of nitrogens with zero attached hydrogens (tertiary/aromatic N) is 7. The summed E-state index contributed by atoms with van der Waals surface area (Å²) in [4.78, 5) is 36.8. The molecule has 192 valence electrons. The Morgan fingerprint density at radius 2 is 2.00 bits per heavy atom. The number of rotatable bonds is 5. The highest BCUT2D eigenvalue weighted by Crippen LogP contribution is 2.48. The molecule has 1 spiro atoms. The van der Waals surface area contributed by atoms with Crippen LogP contribution >= 0.6 is 34.5 Å². The van der Waals surface area contributed by atoms with Crippen molar-refractivity contribution in [2.45, 2.75) is 45.6 Å². The first-order chi connectivity index (χ1) is 17.1. The van der Waals surface area contributed by atoms with E-state index in [1.165, 1.54) is 34.9 Å². The molecule has 13 heteroatoms. The Morgan fingerprint density at radius 1 is 1.28 bits per heavy atom. The van der Waals surface area contributed by atoms with Crippen LogP contribution in [0.3, 0.4) is 0 Å². The first kappa shape index (κ1) is 25.2. The molecule has 2 amide bonds. The highest BCUT2D eigenvalue weighted by molar-refractivity contribution is 7.11. The molecule has 0 N–H and O–H groups in total. The van der Waals surface area contributed by atoms with E-state index in [2.05, 4.69) is 34.1 Å². The van der Waals surface area contributed by atoms with E-state index in [4.69, 9.17) is 27.7 Å². The van der Waals surface area contributed by atoms with Gasteiger partial charge in [0.2, 0.25) is 6.41 Å². The molecule has 1 aliphatic carbocycles. The molecule has 2 unspecified atom stereocenters. The molecule has 0 aromatic carbocycles. The van der Waals surface area contributed by atoms with Crippen molar-refractivity contribution < 1.29 is 14.1 Å². The zero-order chi connectivity index (χ0) is 25.7. The molecule has 6 rings (SSSR count). The third-order valence-electron chi connectivity index (χ3n) is 7.17. The van der Waals surface area contributed by atoms with Gasteiger partial charge >= 0.3 is 0 Å². The normalized spacial score (nSPS) is 22.1. The summed E-state index contributed by atoms with van der Waals surface area (Å²) < 4.78 is 7.03. The van der Waals surface area contributed by atoms with Gasteiger partial charge in [0, 0.05) is 37.7 Å². The van der Waals surface area contributed by atoms with Gasteiger partial charge in [-0.25, -0.2) is 4.68 Å². The molecule has 0 radical (unpaired) electrons. The van der Waals surface area contributed by atoms with Crippen molar-refractivity contribution >= 4 is 46.9 Å². The molecule has 3 aliphatic rings. The predicted octanol–water partition coefficient (Wildman–Crippen LogP) is 4.14. The van der Waals surface area contributed by atoms with Gasteiger partial charge in [0.1, 0.15) is 16.1 Å². The lowest BCUT2D eigenvalue weighted by Gasteiger charge is -2.48. The Hall–Kier alpha value is -2.50. The van der Waals surface area contributed by atoms with Crippen molar-refractivity contribution in [3.05, 3.63) is 44.7 Å². The SMILES string of the molecule is CC(c1nc(C2CN(C(=O)c3cncs3)CC23CN(C=O)C3)no1)n1nc(Cl)cc1Cl.CC1(C)CC1. The lowest BCUT2D eigenvalue weighted by molar-refractivity contribution is -0.129. The highest BCUT2D eigenvalue weighted by atomic mass is 35.5. The Morgan fingerprint density at radius 3 is 2.56 bits per heavy atom. The number of carbonyl (C=O) groups is 2. The summed E-state index contributed by atoms with van der Waals surface area (Å²) in [5.41, 5.74) is 2.08. The number of hydrogen-bond donors (Lipinski definition) is 0. The minimum absolute atomic E-state index is 0.0796. The third-order valence-corrected chi connectivity index (χ3v) is 8.40. The Bertz CT molecular complexity index is 1250. The largest absolute Gasteiger partial charge is 0.344 e. The fourth-order valence-electron chi connectivity index (χ4n) is 4.64. The number of likely N-dealkylation sites (tertiary alicyclic amines) is 2. The topological polar surface area (TPSA) is 110 Å². The van der Waals surface area contributed by atoms with E-state index >= 15 is 0 Å². The number of aromatic nitrogens is 5. The predicted molar refractivity (Wildman–Crippen MR) is 134 cm³/mol. The summed E-state index contributed by atoms with van der Waals surface area (Å²) >= 11 is 13.4. The number of amides is 2. The molecule has 3 aromatic heterocycles. The molecule has 3 aromatic rings. The Balaban J connectivity index is 0.000000477. The van der Waals surface area contributed by atoms with Crippen molar-refractivity contribution in [2.75, 3.05) is 26.2 Å². The van der Waals surface area contributed by atoms with Crippen LogP contribution in [-0.2, 0) is 4.79 Å². The summed E-state index contributed by atoms with van der Waals surface area (Å²) in [6.07, 6.45) is 5.29. The molecule has 1 saturated carbocycles. The quantitative estimate of drug-likeness (QED) is 0.438. The van der Waals surface area contributed by atoms with E-state index in [1.54, 1.807) is 21.5 Å². The monoisotopic (exact) mass is 551 g/mol. The maximum Gasteiger partial charge on any atom is 0.265 e. The molecule has 2 aliphatic heterocycles. The van der Waals surface area contributed by atoms with Gasteiger partial charge in [-0.15, -0.1) is 11.3 Å². The van der Waals surface area contributed by atoms with Gasteiger partial charge in [-0.05, 0) is 25.2 Å². The van der Waals surface area contributed by atoms with E-state index in [-0.39, 0.29) is 22.4 Å². The maximum atomic E-state index is 12.9. The second kappa shape index (κ2) is 9.42.